The molecule has 0 N–H and O–H groups in total. The van der Waals surface area contributed by atoms with Crippen molar-refractivity contribution < 1.29 is 9.32 Å². The first-order valence-corrected chi connectivity index (χ1v) is 9.22. The van der Waals surface area contributed by atoms with Crippen molar-refractivity contribution >= 4 is 5.91 Å². The highest BCUT2D eigenvalue weighted by molar-refractivity contribution is 5.95. The van der Waals surface area contributed by atoms with E-state index in [-0.39, 0.29) is 11.8 Å². The molecule has 1 unspecified atom stereocenters. The third-order valence-electron chi connectivity index (χ3n) is 5.09. The summed E-state index contributed by atoms with van der Waals surface area (Å²) in [5.41, 5.74) is 3.00. The number of rotatable bonds is 4. The van der Waals surface area contributed by atoms with Crippen LogP contribution in [0.1, 0.15) is 79.0 Å². The van der Waals surface area contributed by atoms with Gasteiger partial charge in [-0.2, -0.15) is 4.98 Å². The second kappa shape index (κ2) is 7.02. The van der Waals surface area contributed by atoms with Gasteiger partial charge in [0.1, 0.15) is 0 Å². The maximum Gasteiger partial charge on any atom is 0.255 e. The minimum atomic E-state index is 0.115. The lowest BCUT2D eigenvalue weighted by atomic mass is 9.96. The first-order valence-electron chi connectivity index (χ1n) is 9.22. The minimum absolute atomic E-state index is 0.115. The van der Waals surface area contributed by atoms with Crippen LogP contribution in [-0.2, 0) is 6.42 Å². The second-order valence-corrected chi connectivity index (χ2v) is 7.24. The van der Waals surface area contributed by atoms with Gasteiger partial charge < -0.3 is 14.0 Å². The van der Waals surface area contributed by atoms with Crippen molar-refractivity contribution in [2.75, 3.05) is 13.1 Å². The van der Waals surface area contributed by atoms with Crippen molar-refractivity contribution in [1.29, 1.82) is 0 Å². The summed E-state index contributed by atoms with van der Waals surface area (Å²) in [6.45, 7) is 11.8. The monoisotopic (exact) mass is 344 g/mol. The van der Waals surface area contributed by atoms with Crippen LogP contribution in [0.15, 0.2) is 10.6 Å². The highest BCUT2D eigenvalue weighted by Gasteiger charge is 2.30. The summed E-state index contributed by atoms with van der Waals surface area (Å²) >= 11 is 0. The summed E-state index contributed by atoms with van der Waals surface area (Å²) in [6.07, 6.45) is 2.70. The van der Waals surface area contributed by atoms with Gasteiger partial charge in [0, 0.05) is 42.9 Å². The Bertz CT molecular complexity index is 760. The first-order chi connectivity index (χ1) is 11.9. The Morgan fingerprint density at radius 3 is 2.76 bits per heavy atom. The molecule has 1 aliphatic heterocycles. The summed E-state index contributed by atoms with van der Waals surface area (Å²) in [5.74, 6) is 1.68. The zero-order chi connectivity index (χ0) is 18.1. The van der Waals surface area contributed by atoms with Gasteiger partial charge in [-0.25, -0.2) is 0 Å². The van der Waals surface area contributed by atoms with E-state index in [4.69, 9.17) is 4.52 Å². The summed E-state index contributed by atoms with van der Waals surface area (Å²) in [6, 6.07) is 2.37. The Morgan fingerprint density at radius 2 is 2.16 bits per heavy atom. The van der Waals surface area contributed by atoms with Crippen LogP contribution in [0.25, 0.3) is 0 Å². The SMILES string of the molecule is CCc1nc(C2CCCN(C(=O)c3cc(C)n(C(C)C)c3C)C2)no1. The summed E-state index contributed by atoms with van der Waals surface area (Å²) in [7, 11) is 0. The Labute approximate surface area is 149 Å². The van der Waals surface area contributed by atoms with E-state index in [0.29, 0.717) is 18.5 Å². The number of hydrogen-bond donors (Lipinski definition) is 0. The van der Waals surface area contributed by atoms with Crippen LogP contribution < -0.4 is 0 Å². The van der Waals surface area contributed by atoms with E-state index in [0.717, 1.165) is 48.6 Å². The molecule has 25 heavy (non-hydrogen) atoms. The van der Waals surface area contributed by atoms with Crippen LogP contribution in [0, 0.1) is 13.8 Å². The molecule has 1 amide bonds. The molecular weight excluding hydrogens is 316 g/mol. The lowest BCUT2D eigenvalue weighted by Gasteiger charge is -2.31. The smallest absolute Gasteiger partial charge is 0.255 e. The molecule has 3 heterocycles. The molecule has 0 aliphatic carbocycles. The van der Waals surface area contributed by atoms with Gasteiger partial charge in [0.05, 0.1) is 5.56 Å². The number of aryl methyl sites for hydroxylation is 2. The van der Waals surface area contributed by atoms with Crippen molar-refractivity contribution in [3.05, 3.63) is 34.7 Å². The highest BCUT2D eigenvalue weighted by atomic mass is 16.5. The molecule has 1 atom stereocenters. The normalized spacial score (nSPS) is 18.2. The molecule has 0 saturated carbocycles. The number of aromatic nitrogens is 3. The van der Waals surface area contributed by atoms with E-state index >= 15 is 0 Å². The fourth-order valence-corrected chi connectivity index (χ4v) is 3.91. The standard InChI is InChI=1S/C19H28N4O2/c1-6-17-20-18(21-25-17)15-8-7-9-22(11-15)19(24)16-10-13(4)23(12(2)3)14(16)5/h10,12,15H,6-9,11H2,1-5H3. The predicted octanol–water partition coefficient (Wildman–Crippen LogP) is 3.65. The number of likely N-dealkylation sites (tertiary alicyclic amines) is 1. The minimum Gasteiger partial charge on any atom is -0.346 e. The summed E-state index contributed by atoms with van der Waals surface area (Å²) in [4.78, 5) is 19.5. The molecule has 3 rings (SSSR count). The van der Waals surface area contributed by atoms with E-state index in [1.807, 2.05) is 24.8 Å². The van der Waals surface area contributed by atoms with Gasteiger partial charge in [0.25, 0.3) is 5.91 Å². The molecule has 1 saturated heterocycles. The van der Waals surface area contributed by atoms with Gasteiger partial charge in [-0.3, -0.25) is 4.79 Å². The molecular formula is C19H28N4O2. The van der Waals surface area contributed by atoms with Gasteiger partial charge in [-0.15, -0.1) is 0 Å². The van der Waals surface area contributed by atoms with E-state index in [2.05, 4.69) is 35.5 Å². The Balaban J connectivity index is 1.79. The number of carbonyl (C=O) groups is 1. The fraction of sp³-hybridized carbons (Fsp3) is 0.632. The van der Waals surface area contributed by atoms with E-state index in [1.165, 1.54) is 0 Å². The van der Waals surface area contributed by atoms with Crippen molar-refractivity contribution in [3.8, 4) is 0 Å². The van der Waals surface area contributed by atoms with Gasteiger partial charge in [0.2, 0.25) is 5.89 Å². The Hall–Kier alpha value is -2.11. The Morgan fingerprint density at radius 1 is 1.40 bits per heavy atom. The average Bonchev–Trinajstić information content (AvgIpc) is 3.18. The average molecular weight is 344 g/mol. The lowest BCUT2D eigenvalue weighted by Crippen LogP contribution is -2.39. The lowest BCUT2D eigenvalue weighted by molar-refractivity contribution is 0.0702. The molecule has 0 radical (unpaired) electrons. The number of piperidine rings is 1. The predicted molar refractivity (Wildman–Crippen MR) is 95.8 cm³/mol. The van der Waals surface area contributed by atoms with E-state index < -0.39 is 0 Å². The van der Waals surface area contributed by atoms with Gasteiger partial charge >= 0.3 is 0 Å². The first kappa shape index (κ1) is 17.7. The van der Waals surface area contributed by atoms with Crippen LogP contribution in [0.4, 0.5) is 0 Å². The second-order valence-electron chi connectivity index (χ2n) is 7.24. The van der Waals surface area contributed by atoms with Crippen molar-refractivity contribution in [2.24, 2.45) is 0 Å². The maximum atomic E-state index is 13.1. The molecule has 0 bridgehead atoms. The third-order valence-corrected chi connectivity index (χ3v) is 5.09. The fourth-order valence-electron chi connectivity index (χ4n) is 3.91. The number of amides is 1. The van der Waals surface area contributed by atoms with E-state index in [1.54, 1.807) is 0 Å². The quantitative estimate of drug-likeness (QED) is 0.849. The Kier molecular flexibility index (Phi) is 4.97. The van der Waals surface area contributed by atoms with Crippen LogP contribution in [0.3, 0.4) is 0 Å². The topological polar surface area (TPSA) is 64.2 Å². The maximum absolute atomic E-state index is 13.1. The van der Waals surface area contributed by atoms with Gasteiger partial charge in [-0.05, 0) is 46.6 Å². The van der Waals surface area contributed by atoms with Crippen LogP contribution in [-0.4, -0.2) is 38.6 Å². The highest BCUT2D eigenvalue weighted by Crippen LogP contribution is 2.28. The summed E-state index contributed by atoms with van der Waals surface area (Å²) < 4.78 is 7.47. The van der Waals surface area contributed by atoms with Gasteiger partial charge in [0.15, 0.2) is 5.82 Å². The number of nitrogens with zero attached hydrogens (tertiary/aromatic N) is 4. The third kappa shape index (κ3) is 3.34. The summed E-state index contributed by atoms with van der Waals surface area (Å²) in [5, 5.41) is 4.11. The number of hydrogen-bond acceptors (Lipinski definition) is 4. The van der Waals surface area contributed by atoms with E-state index in [9.17, 15) is 4.79 Å². The largest absolute Gasteiger partial charge is 0.346 e. The van der Waals surface area contributed by atoms with Crippen LogP contribution in [0.5, 0.6) is 0 Å². The van der Waals surface area contributed by atoms with Gasteiger partial charge in [-0.1, -0.05) is 12.1 Å². The van der Waals surface area contributed by atoms with Crippen molar-refractivity contribution in [3.63, 3.8) is 0 Å². The molecule has 1 aliphatic rings. The molecule has 2 aromatic rings. The molecule has 0 aromatic carbocycles. The molecule has 6 nitrogen and oxygen atoms in total. The van der Waals surface area contributed by atoms with Crippen LogP contribution >= 0.6 is 0 Å². The van der Waals surface area contributed by atoms with Crippen molar-refractivity contribution in [2.45, 2.75) is 65.8 Å². The molecule has 1 fully saturated rings. The van der Waals surface area contributed by atoms with Crippen molar-refractivity contribution in [1.82, 2.24) is 19.6 Å². The molecule has 6 heteroatoms. The molecule has 2 aromatic heterocycles. The molecule has 0 spiro atoms. The van der Waals surface area contributed by atoms with Crippen LogP contribution in [0.2, 0.25) is 0 Å². The zero-order valence-electron chi connectivity index (χ0n) is 15.9. The number of carbonyl (C=O) groups excluding carboxylic acids is 1. The molecule has 136 valence electrons. The zero-order valence-corrected chi connectivity index (χ0v) is 15.9.